The van der Waals surface area contributed by atoms with Crippen molar-refractivity contribution >= 4 is 29.0 Å². The van der Waals surface area contributed by atoms with Gasteiger partial charge in [0.05, 0.1) is 0 Å². The first kappa shape index (κ1) is 13.9. The molecule has 0 saturated carbocycles. The highest BCUT2D eigenvalue weighted by Crippen LogP contribution is 2.20. The Morgan fingerprint density at radius 3 is 2.82 bits per heavy atom. The van der Waals surface area contributed by atoms with E-state index in [2.05, 4.69) is 23.8 Å². The molecule has 94 valence electrons. The minimum Gasteiger partial charge on any atom is -0.385 e. The Hall–Kier alpha value is -1.16. The van der Waals surface area contributed by atoms with E-state index in [0.717, 1.165) is 30.1 Å². The van der Waals surface area contributed by atoms with Crippen molar-refractivity contribution in [3.8, 4) is 0 Å². The van der Waals surface area contributed by atoms with Gasteiger partial charge in [0.25, 0.3) is 0 Å². The maximum absolute atomic E-state index is 11.0. The molecule has 17 heavy (non-hydrogen) atoms. The van der Waals surface area contributed by atoms with Crippen LogP contribution in [0.2, 0.25) is 0 Å². The van der Waals surface area contributed by atoms with Crippen LogP contribution in [0.15, 0.2) is 18.2 Å². The number of aryl methyl sites for hydroxylation is 1. The maximum atomic E-state index is 11.0. The number of nitrogens with one attached hydrogen (secondary N) is 2. The molecule has 4 heteroatoms. The van der Waals surface area contributed by atoms with Gasteiger partial charge in [-0.3, -0.25) is 4.79 Å². The number of amides is 1. The Morgan fingerprint density at radius 1 is 1.41 bits per heavy atom. The van der Waals surface area contributed by atoms with Crippen molar-refractivity contribution in [1.82, 2.24) is 0 Å². The summed E-state index contributed by atoms with van der Waals surface area (Å²) in [7, 11) is 0. The molecular formula is C13H20N2OS. The normalized spacial score (nSPS) is 10.1. The summed E-state index contributed by atoms with van der Waals surface area (Å²) in [6, 6.07) is 5.92. The Morgan fingerprint density at radius 2 is 2.18 bits per heavy atom. The smallest absolute Gasteiger partial charge is 0.221 e. The minimum atomic E-state index is -0.0396. The number of hydrogen-bond donors (Lipinski definition) is 2. The molecule has 0 spiro atoms. The Labute approximate surface area is 107 Å². The lowest BCUT2D eigenvalue weighted by Gasteiger charge is -2.11. The van der Waals surface area contributed by atoms with E-state index in [4.69, 9.17) is 0 Å². The lowest BCUT2D eigenvalue weighted by atomic mass is 10.1. The fraction of sp³-hybridized carbons (Fsp3) is 0.462. The summed E-state index contributed by atoms with van der Waals surface area (Å²) in [6.07, 6.45) is 3.26. The minimum absolute atomic E-state index is 0.0396. The van der Waals surface area contributed by atoms with Gasteiger partial charge in [0, 0.05) is 24.8 Å². The highest BCUT2D eigenvalue weighted by atomic mass is 32.2. The molecule has 2 N–H and O–H groups in total. The Kier molecular flexibility index (Phi) is 5.91. The molecule has 0 unspecified atom stereocenters. The third kappa shape index (κ3) is 5.13. The number of thioether (sulfide) groups is 1. The Balaban J connectivity index is 2.59. The molecule has 0 saturated heterocycles. The summed E-state index contributed by atoms with van der Waals surface area (Å²) in [6.45, 7) is 4.55. The fourth-order valence-corrected chi connectivity index (χ4v) is 1.97. The first-order chi connectivity index (χ1) is 8.13. The van der Waals surface area contributed by atoms with Gasteiger partial charge in [-0.15, -0.1) is 0 Å². The highest BCUT2D eigenvalue weighted by Gasteiger charge is 2.01. The average Bonchev–Trinajstić information content (AvgIpc) is 2.28. The third-order valence-corrected chi connectivity index (χ3v) is 3.10. The molecule has 0 heterocycles. The standard InChI is InChI=1S/C13H20N2OS/c1-10-5-6-12(15-11(2)16)9-13(10)14-7-4-8-17-3/h5-6,9,14H,4,7-8H2,1-3H3,(H,15,16). The van der Waals surface area contributed by atoms with Crippen LogP contribution in [0.4, 0.5) is 11.4 Å². The van der Waals surface area contributed by atoms with Gasteiger partial charge in [0.2, 0.25) is 5.91 Å². The van der Waals surface area contributed by atoms with Gasteiger partial charge in [0.1, 0.15) is 0 Å². The van der Waals surface area contributed by atoms with Crippen LogP contribution in [-0.4, -0.2) is 24.5 Å². The zero-order valence-electron chi connectivity index (χ0n) is 10.7. The van der Waals surface area contributed by atoms with Crippen molar-refractivity contribution in [2.75, 3.05) is 29.2 Å². The summed E-state index contributed by atoms with van der Waals surface area (Å²) in [5.74, 6) is 1.12. The number of anilines is 2. The van der Waals surface area contributed by atoms with Gasteiger partial charge in [-0.25, -0.2) is 0 Å². The van der Waals surface area contributed by atoms with Gasteiger partial charge in [0.15, 0.2) is 0 Å². The third-order valence-electron chi connectivity index (χ3n) is 2.40. The van der Waals surface area contributed by atoms with Crippen molar-refractivity contribution in [3.05, 3.63) is 23.8 Å². The molecule has 1 aromatic rings. The van der Waals surface area contributed by atoms with Gasteiger partial charge >= 0.3 is 0 Å². The first-order valence-corrected chi connectivity index (χ1v) is 7.14. The van der Waals surface area contributed by atoms with Crippen molar-refractivity contribution in [1.29, 1.82) is 0 Å². The molecule has 0 radical (unpaired) electrons. The van der Waals surface area contributed by atoms with Crippen LogP contribution in [-0.2, 0) is 4.79 Å². The van der Waals surface area contributed by atoms with Gasteiger partial charge < -0.3 is 10.6 Å². The zero-order chi connectivity index (χ0) is 12.7. The predicted molar refractivity (Wildman–Crippen MR) is 77.0 cm³/mol. The average molecular weight is 252 g/mol. The number of carbonyl (C=O) groups is 1. The van der Waals surface area contributed by atoms with E-state index in [1.165, 1.54) is 12.5 Å². The fourth-order valence-electron chi connectivity index (χ4n) is 1.53. The molecule has 0 aliphatic rings. The van der Waals surface area contributed by atoms with E-state index in [9.17, 15) is 4.79 Å². The van der Waals surface area contributed by atoms with Crippen LogP contribution in [0, 0.1) is 6.92 Å². The number of benzene rings is 1. The van der Waals surface area contributed by atoms with Crippen LogP contribution in [0.5, 0.6) is 0 Å². The predicted octanol–water partition coefficient (Wildman–Crippen LogP) is 3.12. The molecule has 0 aliphatic heterocycles. The highest BCUT2D eigenvalue weighted by molar-refractivity contribution is 7.98. The monoisotopic (exact) mass is 252 g/mol. The second kappa shape index (κ2) is 7.22. The zero-order valence-corrected chi connectivity index (χ0v) is 11.5. The molecule has 1 aromatic carbocycles. The summed E-state index contributed by atoms with van der Waals surface area (Å²) >= 11 is 1.86. The first-order valence-electron chi connectivity index (χ1n) is 5.74. The van der Waals surface area contributed by atoms with E-state index < -0.39 is 0 Å². The van der Waals surface area contributed by atoms with Crippen LogP contribution < -0.4 is 10.6 Å². The van der Waals surface area contributed by atoms with Crippen molar-refractivity contribution in [3.63, 3.8) is 0 Å². The molecule has 0 fully saturated rings. The van der Waals surface area contributed by atoms with Crippen LogP contribution in [0.25, 0.3) is 0 Å². The van der Waals surface area contributed by atoms with E-state index in [1.807, 2.05) is 30.0 Å². The topological polar surface area (TPSA) is 41.1 Å². The number of hydrogen-bond acceptors (Lipinski definition) is 3. The summed E-state index contributed by atoms with van der Waals surface area (Å²) in [5.41, 5.74) is 3.14. The summed E-state index contributed by atoms with van der Waals surface area (Å²) < 4.78 is 0. The molecule has 0 aromatic heterocycles. The van der Waals surface area contributed by atoms with Crippen molar-refractivity contribution < 1.29 is 4.79 Å². The van der Waals surface area contributed by atoms with E-state index >= 15 is 0 Å². The lowest BCUT2D eigenvalue weighted by Crippen LogP contribution is -2.08. The quantitative estimate of drug-likeness (QED) is 0.764. The summed E-state index contributed by atoms with van der Waals surface area (Å²) in [4.78, 5) is 11.0. The second-order valence-corrected chi connectivity index (χ2v) is 4.97. The van der Waals surface area contributed by atoms with Gasteiger partial charge in [-0.2, -0.15) is 11.8 Å². The molecule has 3 nitrogen and oxygen atoms in total. The second-order valence-electron chi connectivity index (χ2n) is 3.98. The molecule has 1 amide bonds. The van der Waals surface area contributed by atoms with Crippen LogP contribution >= 0.6 is 11.8 Å². The summed E-state index contributed by atoms with van der Waals surface area (Å²) in [5, 5.41) is 6.19. The number of rotatable bonds is 6. The Bertz CT molecular complexity index is 380. The molecular weight excluding hydrogens is 232 g/mol. The van der Waals surface area contributed by atoms with E-state index in [-0.39, 0.29) is 5.91 Å². The maximum Gasteiger partial charge on any atom is 0.221 e. The largest absolute Gasteiger partial charge is 0.385 e. The van der Waals surface area contributed by atoms with Gasteiger partial charge in [-0.05, 0) is 43.0 Å². The van der Waals surface area contributed by atoms with Crippen LogP contribution in [0.3, 0.4) is 0 Å². The molecule has 1 rings (SSSR count). The van der Waals surface area contributed by atoms with Crippen molar-refractivity contribution in [2.45, 2.75) is 20.3 Å². The lowest BCUT2D eigenvalue weighted by molar-refractivity contribution is -0.114. The molecule has 0 bridgehead atoms. The SMILES string of the molecule is CSCCCNc1cc(NC(C)=O)ccc1C. The van der Waals surface area contributed by atoms with Crippen molar-refractivity contribution in [2.24, 2.45) is 0 Å². The molecule has 0 aliphatic carbocycles. The van der Waals surface area contributed by atoms with Crippen LogP contribution in [0.1, 0.15) is 18.9 Å². The molecule has 0 atom stereocenters. The number of carbonyl (C=O) groups excluding carboxylic acids is 1. The van der Waals surface area contributed by atoms with Gasteiger partial charge in [-0.1, -0.05) is 6.07 Å². The van der Waals surface area contributed by atoms with E-state index in [1.54, 1.807) is 0 Å². The van der Waals surface area contributed by atoms with E-state index in [0.29, 0.717) is 0 Å².